The van der Waals surface area contributed by atoms with Crippen molar-refractivity contribution >= 4 is 5.97 Å². The van der Waals surface area contributed by atoms with E-state index in [9.17, 15) is 13.6 Å². The average Bonchev–Trinajstić information content (AvgIpc) is 2.26. The second-order valence-corrected chi connectivity index (χ2v) is 3.14. The van der Waals surface area contributed by atoms with E-state index >= 15 is 0 Å². The predicted molar refractivity (Wildman–Crippen MR) is 51.6 cm³/mol. The maximum absolute atomic E-state index is 13.1. The highest BCUT2D eigenvalue weighted by molar-refractivity contribution is 5.77. The van der Waals surface area contributed by atoms with Crippen molar-refractivity contribution in [2.45, 2.75) is 19.3 Å². The Balaban J connectivity index is 2.93. The van der Waals surface area contributed by atoms with Crippen LogP contribution in [-0.2, 0) is 10.7 Å². The van der Waals surface area contributed by atoms with Crippen LogP contribution in [-0.4, -0.2) is 22.7 Å². The van der Waals surface area contributed by atoms with Crippen molar-refractivity contribution in [2.75, 3.05) is 6.61 Å². The fraction of sp³-hybridized carbons (Fsp3) is 0.400. The molecule has 1 heterocycles. The monoisotopic (exact) mass is 231 g/mol. The number of hydrogen-bond donors (Lipinski definition) is 1. The molecule has 0 aliphatic heterocycles. The molecular formula is C10H11F2NO3. The van der Waals surface area contributed by atoms with E-state index in [2.05, 4.69) is 4.98 Å². The summed E-state index contributed by atoms with van der Waals surface area (Å²) in [5.41, 5.74) is -0.686. The Bertz CT molecular complexity index is 382. The third-order valence-electron chi connectivity index (χ3n) is 1.82. The molecule has 0 aliphatic rings. The largest absolute Gasteiger partial charge is 0.492 e. The molecule has 0 fully saturated rings. The van der Waals surface area contributed by atoms with E-state index < -0.39 is 17.5 Å². The Morgan fingerprint density at radius 3 is 2.81 bits per heavy atom. The normalized spacial score (nSPS) is 11.2. The summed E-state index contributed by atoms with van der Waals surface area (Å²) in [7, 11) is 0. The van der Waals surface area contributed by atoms with Crippen LogP contribution in [0.4, 0.5) is 8.78 Å². The molecule has 0 saturated carbocycles. The van der Waals surface area contributed by atoms with Crippen molar-refractivity contribution in [3.05, 3.63) is 24.0 Å². The number of nitrogens with zero attached hydrogens (tertiary/aromatic N) is 1. The molecule has 1 N–H and O–H groups in total. The van der Waals surface area contributed by atoms with Gasteiger partial charge >= 0.3 is 11.9 Å². The van der Waals surface area contributed by atoms with Crippen molar-refractivity contribution in [1.82, 2.24) is 4.98 Å². The van der Waals surface area contributed by atoms with Gasteiger partial charge in [-0.2, -0.15) is 8.78 Å². The molecule has 6 heteroatoms. The van der Waals surface area contributed by atoms with Crippen LogP contribution < -0.4 is 4.74 Å². The molecule has 0 aliphatic carbocycles. The highest BCUT2D eigenvalue weighted by Gasteiger charge is 2.41. The van der Waals surface area contributed by atoms with Gasteiger partial charge in [0.1, 0.15) is 5.75 Å². The van der Waals surface area contributed by atoms with E-state index in [-0.39, 0.29) is 5.75 Å². The van der Waals surface area contributed by atoms with Gasteiger partial charge in [-0.1, -0.05) is 6.92 Å². The van der Waals surface area contributed by atoms with Crippen LogP contribution in [0.2, 0.25) is 0 Å². The van der Waals surface area contributed by atoms with Gasteiger partial charge in [-0.3, -0.25) is 4.98 Å². The lowest BCUT2D eigenvalue weighted by molar-refractivity contribution is -0.166. The first-order chi connectivity index (χ1) is 7.48. The average molecular weight is 231 g/mol. The molecule has 4 nitrogen and oxygen atoms in total. The van der Waals surface area contributed by atoms with E-state index in [1.165, 1.54) is 6.20 Å². The van der Waals surface area contributed by atoms with Crippen molar-refractivity contribution < 1.29 is 23.4 Å². The Labute approximate surface area is 90.9 Å². The van der Waals surface area contributed by atoms with E-state index in [1.807, 2.05) is 6.92 Å². The number of halogens is 2. The van der Waals surface area contributed by atoms with Gasteiger partial charge in [-0.15, -0.1) is 0 Å². The smallest absolute Gasteiger partial charge is 0.379 e. The van der Waals surface area contributed by atoms with Crippen molar-refractivity contribution in [2.24, 2.45) is 0 Å². The lowest BCUT2D eigenvalue weighted by Gasteiger charge is -2.12. The van der Waals surface area contributed by atoms with Crippen molar-refractivity contribution in [3.63, 3.8) is 0 Å². The Morgan fingerprint density at radius 2 is 2.25 bits per heavy atom. The zero-order chi connectivity index (χ0) is 12.2. The highest BCUT2D eigenvalue weighted by atomic mass is 19.3. The number of hydrogen-bond acceptors (Lipinski definition) is 3. The van der Waals surface area contributed by atoms with Gasteiger partial charge in [-0.25, -0.2) is 4.79 Å². The SMILES string of the molecule is CCCOc1cncc(C(F)(F)C(=O)O)c1. The third kappa shape index (κ3) is 2.65. The van der Waals surface area contributed by atoms with E-state index in [0.717, 1.165) is 18.7 Å². The minimum absolute atomic E-state index is 0.139. The van der Waals surface area contributed by atoms with Crippen LogP contribution in [0.15, 0.2) is 18.5 Å². The van der Waals surface area contributed by atoms with Gasteiger partial charge in [-0.05, 0) is 12.5 Å². The van der Waals surface area contributed by atoms with Crippen LogP contribution in [0.25, 0.3) is 0 Å². The minimum atomic E-state index is -3.95. The Hall–Kier alpha value is -1.72. The maximum Gasteiger partial charge on any atom is 0.379 e. The zero-order valence-corrected chi connectivity index (χ0v) is 8.61. The summed E-state index contributed by atoms with van der Waals surface area (Å²) in [6.07, 6.45) is 2.80. The molecule has 1 aromatic rings. The lowest BCUT2D eigenvalue weighted by atomic mass is 10.1. The number of aromatic nitrogens is 1. The maximum atomic E-state index is 13.1. The summed E-state index contributed by atoms with van der Waals surface area (Å²) in [4.78, 5) is 13.8. The standard InChI is InChI=1S/C10H11F2NO3/c1-2-3-16-8-4-7(5-13-6-8)10(11,12)9(14)15/h4-6H,2-3H2,1H3,(H,14,15). The first kappa shape index (κ1) is 12.4. The molecule has 0 bridgehead atoms. The molecule has 16 heavy (non-hydrogen) atoms. The van der Waals surface area contributed by atoms with Crippen molar-refractivity contribution in [1.29, 1.82) is 0 Å². The fourth-order valence-electron chi connectivity index (χ4n) is 1.01. The first-order valence-electron chi connectivity index (χ1n) is 4.68. The second kappa shape index (κ2) is 4.87. The second-order valence-electron chi connectivity index (χ2n) is 3.14. The van der Waals surface area contributed by atoms with Gasteiger partial charge in [0.15, 0.2) is 0 Å². The highest BCUT2D eigenvalue weighted by Crippen LogP contribution is 2.29. The number of alkyl halides is 2. The number of rotatable bonds is 5. The topological polar surface area (TPSA) is 59.4 Å². The predicted octanol–water partition coefficient (Wildman–Crippen LogP) is 2.05. The van der Waals surface area contributed by atoms with Crippen molar-refractivity contribution in [3.8, 4) is 5.75 Å². The molecule has 0 atom stereocenters. The molecule has 0 saturated heterocycles. The van der Waals surface area contributed by atoms with Crippen LogP contribution in [0, 0.1) is 0 Å². The molecule has 0 spiro atoms. The number of carboxylic acids is 1. The summed E-state index contributed by atoms with van der Waals surface area (Å²) >= 11 is 0. The molecule has 88 valence electrons. The molecular weight excluding hydrogens is 220 g/mol. The van der Waals surface area contributed by atoms with E-state index in [0.29, 0.717) is 6.61 Å². The number of carbonyl (C=O) groups is 1. The number of pyridine rings is 1. The van der Waals surface area contributed by atoms with Gasteiger partial charge < -0.3 is 9.84 Å². The summed E-state index contributed by atoms with van der Waals surface area (Å²) < 4.78 is 31.3. The van der Waals surface area contributed by atoms with Crippen LogP contribution in [0.5, 0.6) is 5.75 Å². The van der Waals surface area contributed by atoms with Gasteiger partial charge in [0.25, 0.3) is 0 Å². The number of carboxylic acid groups (broad SMARTS) is 1. The molecule has 1 aromatic heterocycles. The summed E-state index contributed by atoms with van der Waals surface area (Å²) in [5, 5.41) is 8.34. The Kier molecular flexibility index (Phi) is 3.76. The zero-order valence-electron chi connectivity index (χ0n) is 8.61. The van der Waals surface area contributed by atoms with Gasteiger partial charge in [0, 0.05) is 6.20 Å². The lowest BCUT2D eigenvalue weighted by Crippen LogP contribution is -2.25. The molecule has 0 amide bonds. The van der Waals surface area contributed by atoms with Crippen LogP contribution in [0.1, 0.15) is 18.9 Å². The van der Waals surface area contributed by atoms with E-state index in [1.54, 1.807) is 0 Å². The third-order valence-corrected chi connectivity index (χ3v) is 1.82. The van der Waals surface area contributed by atoms with E-state index in [4.69, 9.17) is 9.84 Å². The summed E-state index contributed by atoms with van der Waals surface area (Å²) in [6, 6.07) is 0.983. The molecule has 1 rings (SSSR count). The number of ether oxygens (including phenoxy) is 1. The van der Waals surface area contributed by atoms with Gasteiger partial charge in [0.2, 0.25) is 0 Å². The fourth-order valence-corrected chi connectivity index (χ4v) is 1.01. The van der Waals surface area contributed by atoms with Crippen LogP contribution >= 0.6 is 0 Å². The molecule has 0 radical (unpaired) electrons. The van der Waals surface area contributed by atoms with Crippen LogP contribution in [0.3, 0.4) is 0 Å². The molecule has 0 unspecified atom stereocenters. The molecule has 0 aromatic carbocycles. The minimum Gasteiger partial charge on any atom is -0.492 e. The quantitative estimate of drug-likeness (QED) is 0.842. The van der Waals surface area contributed by atoms with Gasteiger partial charge in [0.05, 0.1) is 18.4 Å². The first-order valence-corrected chi connectivity index (χ1v) is 4.68. The Morgan fingerprint density at radius 1 is 1.56 bits per heavy atom. The summed E-state index contributed by atoms with van der Waals surface area (Å²) in [6.45, 7) is 2.23. The summed E-state index contributed by atoms with van der Waals surface area (Å²) in [5.74, 6) is -6.01. The number of aliphatic carboxylic acids is 1.